The monoisotopic (exact) mass is 269 g/mol. The number of rotatable bonds is 3. The SMILES string of the molecule is Cn1nc(CCN)cc1-c1ccc(Cl)c(Cl)c1. The summed E-state index contributed by atoms with van der Waals surface area (Å²) in [5.41, 5.74) is 8.50. The quantitative estimate of drug-likeness (QED) is 0.931. The van der Waals surface area contributed by atoms with E-state index in [9.17, 15) is 0 Å². The first kappa shape index (κ1) is 12.4. The van der Waals surface area contributed by atoms with Crippen molar-refractivity contribution in [3.8, 4) is 11.3 Å². The molecule has 1 aromatic heterocycles. The van der Waals surface area contributed by atoms with E-state index in [1.807, 2.05) is 29.9 Å². The van der Waals surface area contributed by atoms with Crippen LogP contribution in [0.15, 0.2) is 24.3 Å². The summed E-state index contributed by atoms with van der Waals surface area (Å²) in [6, 6.07) is 7.58. The number of nitrogens with two attached hydrogens (primary N) is 1. The molecule has 0 aliphatic heterocycles. The Morgan fingerprint density at radius 3 is 2.65 bits per heavy atom. The standard InChI is InChI=1S/C12H13Cl2N3/c1-17-12(7-9(16-17)4-5-15)8-2-3-10(13)11(14)6-8/h2-3,6-7H,4-5,15H2,1H3. The van der Waals surface area contributed by atoms with Gasteiger partial charge in [0.2, 0.25) is 0 Å². The van der Waals surface area contributed by atoms with Gasteiger partial charge in [0.15, 0.2) is 0 Å². The van der Waals surface area contributed by atoms with Crippen molar-refractivity contribution in [1.82, 2.24) is 9.78 Å². The number of aromatic nitrogens is 2. The fourth-order valence-electron chi connectivity index (χ4n) is 1.72. The van der Waals surface area contributed by atoms with Gasteiger partial charge in [-0.05, 0) is 24.7 Å². The van der Waals surface area contributed by atoms with Gasteiger partial charge in [-0.15, -0.1) is 0 Å². The van der Waals surface area contributed by atoms with Gasteiger partial charge in [-0.25, -0.2) is 0 Å². The van der Waals surface area contributed by atoms with Crippen LogP contribution >= 0.6 is 23.2 Å². The van der Waals surface area contributed by atoms with Crippen LogP contribution in [0.4, 0.5) is 0 Å². The van der Waals surface area contributed by atoms with Crippen LogP contribution in [-0.4, -0.2) is 16.3 Å². The van der Waals surface area contributed by atoms with Crippen molar-refractivity contribution in [2.24, 2.45) is 12.8 Å². The molecule has 1 heterocycles. The van der Waals surface area contributed by atoms with E-state index in [-0.39, 0.29) is 0 Å². The fourth-order valence-corrected chi connectivity index (χ4v) is 2.02. The Bertz CT molecular complexity index is 535. The number of aryl methyl sites for hydroxylation is 1. The minimum absolute atomic E-state index is 0.547. The summed E-state index contributed by atoms with van der Waals surface area (Å²) in [5, 5.41) is 5.49. The zero-order valence-corrected chi connectivity index (χ0v) is 11.0. The van der Waals surface area contributed by atoms with Crippen LogP contribution in [0.1, 0.15) is 5.69 Å². The van der Waals surface area contributed by atoms with E-state index >= 15 is 0 Å². The molecule has 0 saturated heterocycles. The maximum Gasteiger partial charge on any atom is 0.0682 e. The van der Waals surface area contributed by atoms with E-state index in [2.05, 4.69) is 5.10 Å². The first-order valence-corrected chi connectivity index (χ1v) is 6.06. The molecular weight excluding hydrogens is 257 g/mol. The predicted octanol–water partition coefficient (Wildman–Crippen LogP) is 2.90. The van der Waals surface area contributed by atoms with Crippen LogP contribution < -0.4 is 5.73 Å². The summed E-state index contributed by atoms with van der Waals surface area (Å²) < 4.78 is 1.82. The highest BCUT2D eigenvalue weighted by Gasteiger charge is 2.08. The highest BCUT2D eigenvalue weighted by molar-refractivity contribution is 6.42. The molecule has 90 valence electrons. The maximum absolute atomic E-state index is 6.00. The second kappa shape index (κ2) is 5.08. The fraction of sp³-hybridized carbons (Fsp3) is 0.250. The number of hydrogen-bond donors (Lipinski definition) is 1. The third-order valence-electron chi connectivity index (χ3n) is 2.55. The van der Waals surface area contributed by atoms with E-state index in [0.29, 0.717) is 16.6 Å². The van der Waals surface area contributed by atoms with Crippen molar-refractivity contribution >= 4 is 23.2 Å². The van der Waals surface area contributed by atoms with Gasteiger partial charge in [0.1, 0.15) is 0 Å². The number of benzene rings is 1. The Labute approximate surface area is 110 Å². The molecule has 2 rings (SSSR count). The lowest BCUT2D eigenvalue weighted by molar-refractivity contribution is 0.745. The minimum Gasteiger partial charge on any atom is -0.330 e. The lowest BCUT2D eigenvalue weighted by Gasteiger charge is -2.03. The van der Waals surface area contributed by atoms with Gasteiger partial charge in [-0.1, -0.05) is 29.3 Å². The molecular formula is C12H13Cl2N3. The van der Waals surface area contributed by atoms with Gasteiger partial charge in [0.05, 0.1) is 21.4 Å². The largest absolute Gasteiger partial charge is 0.330 e. The average Bonchev–Trinajstić information content (AvgIpc) is 2.64. The summed E-state index contributed by atoms with van der Waals surface area (Å²) in [4.78, 5) is 0. The predicted molar refractivity (Wildman–Crippen MR) is 71.4 cm³/mol. The molecule has 0 saturated carbocycles. The van der Waals surface area contributed by atoms with Crippen LogP contribution in [0.5, 0.6) is 0 Å². The van der Waals surface area contributed by atoms with Crippen molar-refractivity contribution in [3.63, 3.8) is 0 Å². The normalized spacial score (nSPS) is 10.8. The van der Waals surface area contributed by atoms with E-state index in [4.69, 9.17) is 28.9 Å². The van der Waals surface area contributed by atoms with Crippen molar-refractivity contribution in [2.45, 2.75) is 6.42 Å². The molecule has 0 unspecified atom stereocenters. The molecule has 0 fully saturated rings. The summed E-state index contributed by atoms with van der Waals surface area (Å²) in [5.74, 6) is 0. The molecule has 0 bridgehead atoms. The molecule has 2 N–H and O–H groups in total. The van der Waals surface area contributed by atoms with Crippen LogP contribution in [-0.2, 0) is 13.5 Å². The molecule has 3 nitrogen and oxygen atoms in total. The molecule has 2 aromatic rings. The third kappa shape index (κ3) is 2.63. The Morgan fingerprint density at radius 1 is 1.24 bits per heavy atom. The van der Waals surface area contributed by atoms with E-state index < -0.39 is 0 Å². The van der Waals surface area contributed by atoms with Crippen molar-refractivity contribution in [1.29, 1.82) is 0 Å². The number of nitrogens with zero attached hydrogens (tertiary/aromatic N) is 2. The minimum atomic E-state index is 0.547. The summed E-state index contributed by atoms with van der Waals surface area (Å²) in [6.45, 7) is 0.595. The van der Waals surface area contributed by atoms with Crippen LogP contribution in [0.3, 0.4) is 0 Å². The lowest BCUT2D eigenvalue weighted by Crippen LogP contribution is -2.03. The Kier molecular flexibility index (Phi) is 3.72. The Morgan fingerprint density at radius 2 is 2.00 bits per heavy atom. The van der Waals surface area contributed by atoms with Crippen molar-refractivity contribution in [3.05, 3.63) is 40.0 Å². The summed E-state index contributed by atoms with van der Waals surface area (Å²) >= 11 is 11.9. The molecule has 17 heavy (non-hydrogen) atoms. The van der Waals surface area contributed by atoms with Crippen LogP contribution in [0.25, 0.3) is 11.3 Å². The molecule has 1 aromatic carbocycles. The van der Waals surface area contributed by atoms with E-state index in [1.165, 1.54) is 0 Å². The van der Waals surface area contributed by atoms with Gasteiger partial charge in [0.25, 0.3) is 0 Å². The number of halogens is 2. The topological polar surface area (TPSA) is 43.8 Å². The first-order chi connectivity index (χ1) is 8.11. The van der Waals surface area contributed by atoms with Gasteiger partial charge >= 0.3 is 0 Å². The molecule has 0 aliphatic carbocycles. The van der Waals surface area contributed by atoms with Gasteiger partial charge < -0.3 is 5.73 Å². The summed E-state index contributed by atoms with van der Waals surface area (Å²) in [7, 11) is 1.90. The second-order valence-electron chi connectivity index (χ2n) is 3.81. The molecule has 0 radical (unpaired) electrons. The average molecular weight is 270 g/mol. The highest BCUT2D eigenvalue weighted by Crippen LogP contribution is 2.28. The smallest absolute Gasteiger partial charge is 0.0682 e. The highest BCUT2D eigenvalue weighted by atomic mass is 35.5. The maximum atomic E-state index is 6.00. The van der Waals surface area contributed by atoms with Crippen LogP contribution in [0.2, 0.25) is 10.0 Å². The van der Waals surface area contributed by atoms with Gasteiger partial charge in [0, 0.05) is 19.0 Å². The molecule has 0 aliphatic rings. The van der Waals surface area contributed by atoms with Gasteiger partial charge in [-0.3, -0.25) is 4.68 Å². The van der Waals surface area contributed by atoms with E-state index in [0.717, 1.165) is 23.4 Å². The van der Waals surface area contributed by atoms with Crippen molar-refractivity contribution in [2.75, 3.05) is 6.54 Å². The third-order valence-corrected chi connectivity index (χ3v) is 3.29. The zero-order chi connectivity index (χ0) is 12.4. The Hall–Kier alpha value is -1.03. The molecule has 0 atom stereocenters. The van der Waals surface area contributed by atoms with E-state index in [1.54, 1.807) is 6.07 Å². The first-order valence-electron chi connectivity index (χ1n) is 5.30. The van der Waals surface area contributed by atoms with Crippen molar-refractivity contribution < 1.29 is 0 Å². The molecule has 5 heteroatoms. The molecule has 0 amide bonds. The van der Waals surface area contributed by atoms with Gasteiger partial charge in [-0.2, -0.15) is 5.10 Å². The van der Waals surface area contributed by atoms with Crippen LogP contribution in [0, 0.1) is 0 Å². The second-order valence-corrected chi connectivity index (χ2v) is 4.63. The Balaban J connectivity index is 2.41. The molecule has 0 spiro atoms. The lowest BCUT2D eigenvalue weighted by atomic mass is 10.1. The summed E-state index contributed by atoms with van der Waals surface area (Å²) in [6.07, 6.45) is 0.773. The zero-order valence-electron chi connectivity index (χ0n) is 9.45. The number of hydrogen-bond acceptors (Lipinski definition) is 2.